The van der Waals surface area contributed by atoms with Gasteiger partial charge in [-0.3, -0.25) is 4.79 Å². The summed E-state index contributed by atoms with van der Waals surface area (Å²) in [6.45, 7) is 0. The summed E-state index contributed by atoms with van der Waals surface area (Å²) in [5.41, 5.74) is 7.02. The van der Waals surface area contributed by atoms with E-state index in [0.717, 1.165) is 0 Å². The molecule has 0 radical (unpaired) electrons. The number of halogens is 2. The van der Waals surface area contributed by atoms with Gasteiger partial charge in [0, 0.05) is 25.3 Å². The molecule has 0 spiro atoms. The molecular formula is C14H14Cl2N4O. The van der Waals surface area contributed by atoms with Crippen molar-refractivity contribution in [3.8, 4) is 0 Å². The molecule has 2 aromatic rings. The van der Waals surface area contributed by atoms with E-state index in [1.807, 2.05) is 14.1 Å². The normalized spacial score (nSPS) is 10.3. The van der Waals surface area contributed by atoms with Crippen molar-refractivity contribution in [1.29, 1.82) is 0 Å². The van der Waals surface area contributed by atoms with E-state index in [1.54, 1.807) is 29.2 Å². The van der Waals surface area contributed by atoms with Crippen LogP contribution in [0.15, 0.2) is 30.3 Å². The Kier molecular flexibility index (Phi) is 4.55. The highest BCUT2D eigenvalue weighted by molar-refractivity contribution is 6.34. The van der Waals surface area contributed by atoms with Crippen LogP contribution >= 0.6 is 23.2 Å². The lowest BCUT2D eigenvalue weighted by atomic mass is 10.2. The minimum absolute atomic E-state index is 0.245. The van der Waals surface area contributed by atoms with Crippen LogP contribution in [-0.2, 0) is 0 Å². The Balaban J connectivity index is 2.28. The average molecular weight is 325 g/mol. The number of nitrogens with zero attached hydrogens (tertiary/aromatic N) is 2. The number of carbonyl (C=O) groups is 1. The molecule has 0 unspecified atom stereocenters. The van der Waals surface area contributed by atoms with Crippen LogP contribution in [0.1, 0.15) is 10.4 Å². The molecule has 1 aromatic carbocycles. The maximum Gasteiger partial charge on any atom is 0.255 e. The number of aromatic nitrogens is 1. The van der Waals surface area contributed by atoms with Gasteiger partial charge >= 0.3 is 0 Å². The van der Waals surface area contributed by atoms with Crippen LogP contribution in [0.25, 0.3) is 0 Å². The van der Waals surface area contributed by atoms with E-state index < -0.39 is 0 Å². The molecule has 1 aromatic heterocycles. The summed E-state index contributed by atoms with van der Waals surface area (Å²) in [5.74, 6) is 0.269. The first-order valence-electron chi connectivity index (χ1n) is 6.08. The van der Waals surface area contributed by atoms with Gasteiger partial charge in [-0.05, 0) is 30.3 Å². The molecule has 0 bridgehead atoms. The zero-order valence-corrected chi connectivity index (χ0v) is 13.0. The number of hydrogen-bond donors (Lipinski definition) is 2. The molecule has 0 aliphatic carbocycles. The first kappa shape index (κ1) is 15.4. The molecule has 0 aliphatic heterocycles. The third-order valence-corrected chi connectivity index (χ3v) is 3.25. The summed E-state index contributed by atoms with van der Waals surface area (Å²) < 4.78 is 0. The van der Waals surface area contributed by atoms with Crippen molar-refractivity contribution in [2.75, 3.05) is 30.0 Å². The van der Waals surface area contributed by atoms with Gasteiger partial charge in [0.25, 0.3) is 5.91 Å². The molecule has 110 valence electrons. The lowest BCUT2D eigenvalue weighted by Crippen LogP contribution is -2.16. The SMILES string of the molecule is CN(C)c1cc(C(=O)Nc2ccc(N)cc2Cl)cc(Cl)n1. The van der Waals surface area contributed by atoms with Crippen molar-refractivity contribution in [3.05, 3.63) is 46.1 Å². The Bertz CT molecular complexity index is 689. The van der Waals surface area contributed by atoms with E-state index in [2.05, 4.69) is 10.3 Å². The van der Waals surface area contributed by atoms with E-state index in [0.29, 0.717) is 27.8 Å². The minimum Gasteiger partial charge on any atom is -0.399 e. The zero-order valence-electron chi connectivity index (χ0n) is 11.5. The van der Waals surface area contributed by atoms with Gasteiger partial charge in [-0.25, -0.2) is 4.98 Å². The van der Waals surface area contributed by atoms with Crippen molar-refractivity contribution >= 4 is 46.3 Å². The van der Waals surface area contributed by atoms with Crippen LogP contribution in [0, 0.1) is 0 Å². The Hall–Kier alpha value is -1.98. The number of anilines is 3. The van der Waals surface area contributed by atoms with Gasteiger partial charge in [-0.2, -0.15) is 0 Å². The molecule has 0 atom stereocenters. The summed E-state index contributed by atoms with van der Waals surface area (Å²) in [6.07, 6.45) is 0. The Labute approximate surface area is 132 Å². The minimum atomic E-state index is -0.325. The number of nitrogen functional groups attached to an aromatic ring is 1. The van der Waals surface area contributed by atoms with E-state index in [1.165, 1.54) is 6.07 Å². The second kappa shape index (κ2) is 6.20. The first-order chi connectivity index (χ1) is 9.86. The predicted octanol–water partition coefficient (Wildman–Crippen LogP) is 3.29. The smallest absolute Gasteiger partial charge is 0.255 e. The molecule has 1 heterocycles. The molecule has 0 saturated carbocycles. The molecule has 21 heavy (non-hydrogen) atoms. The van der Waals surface area contributed by atoms with Gasteiger partial charge in [0.15, 0.2) is 0 Å². The van der Waals surface area contributed by atoms with Crippen LogP contribution in [0.2, 0.25) is 10.2 Å². The molecule has 5 nitrogen and oxygen atoms in total. The molecule has 3 N–H and O–H groups in total. The fourth-order valence-corrected chi connectivity index (χ4v) is 2.11. The second-order valence-electron chi connectivity index (χ2n) is 4.62. The monoisotopic (exact) mass is 324 g/mol. The highest BCUT2D eigenvalue weighted by Crippen LogP contribution is 2.25. The highest BCUT2D eigenvalue weighted by atomic mass is 35.5. The van der Waals surface area contributed by atoms with Gasteiger partial charge in [0.1, 0.15) is 11.0 Å². The van der Waals surface area contributed by atoms with Crippen molar-refractivity contribution in [2.24, 2.45) is 0 Å². The maximum absolute atomic E-state index is 12.3. The fourth-order valence-electron chi connectivity index (χ4n) is 1.67. The number of benzene rings is 1. The Morgan fingerprint density at radius 2 is 1.95 bits per heavy atom. The number of rotatable bonds is 3. The lowest BCUT2D eigenvalue weighted by Gasteiger charge is -2.13. The van der Waals surface area contributed by atoms with E-state index in [4.69, 9.17) is 28.9 Å². The van der Waals surface area contributed by atoms with Gasteiger partial charge in [0.2, 0.25) is 0 Å². The van der Waals surface area contributed by atoms with Crippen molar-refractivity contribution < 1.29 is 4.79 Å². The summed E-state index contributed by atoms with van der Waals surface area (Å²) in [4.78, 5) is 18.2. The van der Waals surface area contributed by atoms with Gasteiger partial charge in [0.05, 0.1) is 10.7 Å². The van der Waals surface area contributed by atoms with Crippen LogP contribution < -0.4 is 16.0 Å². The standard InChI is InChI=1S/C14H14Cl2N4O/c1-20(2)13-6-8(5-12(16)19-13)14(21)18-11-4-3-9(17)7-10(11)15/h3-7H,17H2,1-2H3,(H,18,21). The van der Waals surface area contributed by atoms with Gasteiger partial charge < -0.3 is 16.0 Å². The predicted molar refractivity (Wildman–Crippen MR) is 87.4 cm³/mol. The van der Waals surface area contributed by atoms with Crippen LogP contribution in [0.5, 0.6) is 0 Å². The second-order valence-corrected chi connectivity index (χ2v) is 5.42. The van der Waals surface area contributed by atoms with Crippen LogP contribution in [0.4, 0.5) is 17.2 Å². The van der Waals surface area contributed by atoms with E-state index in [9.17, 15) is 4.79 Å². The molecule has 0 saturated heterocycles. The summed E-state index contributed by atoms with van der Waals surface area (Å²) in [5, 5.41) is 3.33. The molecule has 0 fully saturated rings. The van der Waals surface area contributed by atoms with Crippen molar-refractivity contribution in [3.63, 3.8) is 0 Å². The molecule has 7 heteroatoms. The first-order valence-corrected chi connectivity index (χ1v) is 6.83. The molecule has 2 rings (SSSR count). The fraction of sp³-hybridized carbons (Fsp3) is 0.143. The number of pyridine rings is 1. The largest absolute Gasteiger partial charge is 0.399 e. The van der Waals surface area contributed by atoms with Crippen LogP contribution in [0.3, 0.4) is 0 Å². The van der Waals surface area contributed by atoms with E-state index >= 15 is 0 Å². The average Bonchev–Trinajstić information content (AvgIpc) is 2.41. The van der Waals surface area contributed by atoms with Crippen LogP contribution in [-0.4, -0.2) is 25.0 Å². The topological polar surface area (TPSA) is 71.2 Å². The molecule has 1 amide bonds. The Morgan fingerprint density at radius 1 is 1.24 bits per heavy atom. The van der Waals surface area contributed by atoms with Crippen molar-refractivity contribution in [1.82, 2.24) is 4.98 Å². The summed E-state index contributed by atoms with van der Waals surface area (Å²) >= 11 is 12.0. The molecular weight excluding hydrogens is 311 g/mol. The lowest BCUT2D eigenvalue weighted by molar-refractivity contribution is 0.102. The number of nitrogens with two attached hydrogens (primary N) is 1. The zero-order chi connectivity index (χ0) is 15.6. The third kappa shape index (κ3) is 3.77. The number of amides is 1. The molecule has 0 aliphatic rings. The summed E-state index contributed by atoms with van der Waals surface area (Å²) in [7, 11) is 3.63. The van der Waals surface area contributed by atoms with Crippen molar-refractivity contribution in [2.45, 2.75) is 0 Å². The number of carbonyl (C=O) groups excluding carboxylic acids is 1. The third-order valence-electron chi connectivity index (χ3n) is 2.74. The van der Waals surface area contributed by atoms with Gasteiger partial charge in [-0.1, -0.05) is 23.2 Å². The van der Waals surface area contributed by atoms with Gasteiger partial charge in [-0.15, -0.1) is 0 Å². The quantitative estimate of drug-likeness (QED) is 0.671. The van der Waals surface area contributed by atoms with E-state index in [-0.39, 0.29) is 11.1 Å². The number of nitrogens with one attached hydrogen (secondary N) is 1. The summed E-state index contributed by atoms with van der Waals surface area (Å²) in [6, 6.07) is 8.01. The Morgan fingerprint density at radius 3 is 2.57 bits per heavy atom. The maximum atomic E-state index is 12.3. The number of hydrogen-bond acceptors (Lipinski definition) is 4. The highest BCUT2D eigenvalue weighted by Gasteiger charge is 2.12.